The molecule has 1 aliphatic rings. The van der Waals surface area contributed by atoms with Crippen molar-refractivity contribution in [2.75, 3.05) is 19.6 Å². The maximum absolute atomic E-state index is 12.1. The van der Waals surface area contributed by atoms with Gasteiger partial charge in [0.1, 0.15) is 17.9 Å². The third-order valence-electron chi connectivity index (χ3n) is 3.33. The fraction of sp³-hybridized carbons (Fsp3) is 0.636. The number of halogens is 1. The molecule has 1 fully saturated rings. The minimum Gasteiger partial charge on any atom is -0.354 e. The predicted molar refractivity (Wildman–Crippen MR) is 74.8 cm³/mol. The lowest BCUT2D eigenvalue weighted by molar-refractivity contribution is -0.385. The van der Waals surface area contributed by atoms with Crippen molar-refractivity contribution in [1.29, 1.82) is 0 Å². The molecular formula is C11H18ClN5O3. The van der Waals surface area contributed by atoms with Gasteiger partial charge in [0.2, 0.25) is 5.91 Å². The normalized spacial score (nSPS) is 15.1. The fourth-order valence-corrected chi connectivity index (χ4v) is 1.76. The van der Waals surface area contributed by atoms with Crippen LogP contribution in [0.2, 0.25) is 0 Å². The minimum absolute atomic E-state index is 0. The molecule has 112 valence electrons. The second-order valence-corrected chi connectivity index (χ2v) is 5.19. The van der Waals surface area contributed by atoms with Crippen LogP contribution in [0.3, 0.4) is 0 Å². The van der Waals surface area contributed by atoms with Gasteiger partial charge >= 0.3 is 5.69 Å². The molecule has 1 saturated heterocycles. The van der Waals surface area contributed by atoms with Gasteiger partial charge in [0.15, 0.2) is 0 Å². The van der Waals surface area contributed by atoms with Crippen LogP contribution in [0.5, 0.6) is 0 Å². The first-order chi connectivity index (χ1) is 8.91. The molecule has 9 heteroatoms. The zero-order valence-electron chi connectivity index (χ0n) is 11.3. The SMILES string of the molecule is CC(C)(C(=O)NCC1CNC1)n1cc([N+](=O)[O-])cn1.Cl. The average molecular weight is 304 g/mol. The predicted octanol–water partition coefficient (Wildman–Crippen LogP) is 0.284. The Morgan fingerprint density at radius 3 is 2.75 bits per heavy atom. The number of carbonyl (C=O) groups excluding carboxylic acids is 1. The van der Waals surface area contributed by atoms with E-state index in [1.165, 1.54) is 10.9 Å². The summed E-state index contributed by atoms with van der Waals surface area (Å²) in [6.45, 7) is 5.79. The van der Waals surface area contributed by atoms with Crippen LogP contribution in [0.25, 0.3) is 0 Å². The first-order valence-corrected chi connectivity index (χ1v) is 6.10. The van der Waals surface area contributed by atoms with Crippen LogP contribution in [0.4, 0.5) is 5.69 Å². The van der Waals surface area contributed by atoms with Gasteiger partial charge < -0.3 is 10.6 Å². The zero-order chi connectivity index (χ0) is 14.0. The van der Waals surface area contributed by atoms with Crippen LogP contribution in [-0.2, 0) is 10.3 Å². The van der Waals surface area contributed by atoms with Gasteiger partial charge in [-0.1, -0.05) is 0 Å². The number of amides is 1. The molecule has 2 heterocycles. The first-order valence-electron chi connectivity index (χ1n) is 6.10. The third-order valence-corrected chi connectivity index (χ3v) is 3.33. The Kier molecular flexibility index (Phi) is 5.07. The van der Waals surface area contributed by atoms with E-state index < -0.39 is 10.5 Å². The highest BCUT2D eigenvalue weighted by Gasteiger charge is 2.32. The summed E-state index contributed by atoms with van der Waals surface area (Å²) in [5.74, 6) is 0.268. The third kappa shape index (κ3) is 3.26. The van der Waals surface area contributed by atoms with Crippen LogP contribution in [-0.4, -0.2) is 40.2 Å². The van der Waals surface area contributed by atoms with E-state index in [1.54, 1.807) is 13.8 Å². The lowest BCUT2D eigenvalue weighted by Gasteiger charge is -2.30. The highest BCUT2D eigenvalue weighted by atomic mass is 35.5. The molecule has 0 atom stereocenters. The van der Waals surface area contributed by atoms with E-state index in [9.17, 15) is 14.9 Å². The lowest BCUT2D eigenvalue weighted by atomic mass is 10.0. The molecular weight excluding hydrogens is 286 g/mol. The van der Waals surface area contributed by atoms with E-state index in [-0.39, 0.29) is 24.0 Å². The van der Waals surface area contributed by atoms with Crippen molar-refractivity contribution < 1.29 is 9.72 Å². The van der Waals surface area contributed by atoms with Gasteiger partial charge in [-0.25, -0.2) is 0 Å². The lowest BCUT2D eigenvalue weighted by Crippen LogP contribution is -2.52. The number of nitrogens with zero attached hydrogens (tertiary/aromatic N) is 3. The van der Waals surface area contributed by atoms with Crippen LogP contribution < -0.4 is 10.6 Å². The molecule has 1 aromatic heterocycles. The smallest absolute Gasteiger partial charge is 0.307 e. The number of nitro groups is 1. The highest BCUT2D eigenvalue weighted by Crippen LogP contribution is 2.18. The minimum atomic E-state index is -0.953. The van der Waals surface area contributed by atoms with E-state index in [2.05, 4.69) is 15.7 Å². The Morgan fingerprint density at radius 1 is 1.65 bits per heavy atom. The molecule has 0 saturated carbocycles. The molecule has 0 aliphatic carbocycles. The van der Waals surface area contributed by atoms with Gasteiger partial charge in [0.25, 0.3) is 0 Å². The average Bonchev–Trinajstić information content (AvgIpc) is 2.76. The van der Waals surface area contributed by atoms with Gasteiger partial charge in [0, 0.05) is 25.6 Å². The van der Waals surface area contributed by atoms with Crippen molar-refractivity contribution in [1.82, 2.24) is 20.4 Å². The van der Waals surface area contributed by atoms with E-state index in [1.807, 2.05) is 0 Å². The molecule has 1 aliphatic heterocycles. The fourth-order valence-electron chi connectivity index (χ4n) is 1.76. The Balaban J connectivity index is 0.00000200. The molecule has 8 nitrogen and oxygen atoms in total. The van der Waals surface area contributed by atoms with E-state index >= 15 is 0 Å². The van der Waals surface area contributed by atoms with Gasteiger partial charge in [-0.15, -0.1) is 12.4 Å². The summed E-state index contributed by atoms with van der Waals surface area (Å²) in [5, 5.41) is 20.5. The Morgan fingerprint density at radius 2 is 2.30 bits per heavy atom. The van der Waals surface area contributed by atoms with Crippen LogP contribution >= 0.6 is 12.4 Å². The molecule has 1 amide bonds. The molecule has 2 rings (SSSR count). The monoisotopic (exact) mass is 303 g/mol. The van der Waals surface area contributed by atoms with Crippen molar-refractivity contribution in [2.24, 2.45) is 5.92 Å². The molecule has 0 bridgehead atoms. The van der Waals surface area contributed by atoms with Gasteiger partial charge in [-0.2, -0.15) is 5.10 Å². The van der Waals surface area contributed by atoms with Crippen molar-refractivity contribution in [3.8, 4) is 0 Å². The molecule has 20 heavy (non-hydrogen) atoms. The van der Waals surface area contributed by atoms with Gasteiger partial charge in [0.05, 0.1) is 4.92 Å². The summed E-state index contributed by atoms with van der Waals surface area (Å²) in [6.07, 6.45) is 2.41. The molecule has 0 unspecified atom stereocenters. The maximum Gasteiger partial charge on any atom is 0.307 e. The topological polar surface area (TPSA) is 102 Å². The Labute approximate surface area is 122 Å². The number of hydrogen-bond acceptors (Lipinski definition) is 5. The summed E-state index contributed by atoms with van der Waals surface area (Å²) in [7, 11) is 0. The van der Waals surface area contributed by atoms with Gasteiger partial charge in [-0.3, -0.25) is 19.6 Å². The summed E-state index contributed by atoms with van der Waals surface area (Å²) in [6, 6.07) is 0. The number of nitrogens with one attached hydrogen (secondary N) is 2. The standard InChI is InChI=1S/C11H17N5O3.ClH/c1-11(2,10(17)13-5-8-3-12-4-8)15-7-9(6-14-15)16(18)19;/h6-8,12H,3-5H2,1-2H3,(H,13,17);1H. The molecule has 0 spiro atoms. The molecule has 0 radical (unpaired) electrons. The number of aromatic nitrogens is 2. The van der Waals surface area contributed by atoms with Crippen molar-refractivity contribution in [3.63, 3.8) is 0 Å². The maximum atomic E-state index is 12.1. The summed E-state index contributed by atoms with van der Waals surface area (Å²) < 4.78 is 1.32. The largest absolute Gasteiger partial charge is 0.354 e. The van der Waals surface area contributed by atoms with Crippen LogP contribution in [0.1, 0.15) is 13.8 Å². The molecule has 2 N–H and O–H groups in total. The van der Waals surface area contributed by atoms with Gasteiger partial charge in [-0.05, 0) is 13.8 Å². The highest BCUT2D eigenvalue weighted by molar-refractivity contribution is 5.85. The molecule has 0 aromatic carbocycles. The number of hydrogen-bond donors (Lipinski definition) is 2. The Hall–Kier alpha value is -1.67. The van der Waals surface area contributed by atoms with Crippen molar-refractivity contribution >= 4 is 24.0 Å². The number of rotatable bonds is 5. The summed E-state index contributed by atoms with van der Waals surface area (Å²) in [5.41, 5.74) is -1.07. The second-order valence-electron chi connectivity index (χ2n) is 5.19. The Bertz CT molecular complexity index is 498. The first kappa shape index (κ1) is 16.4. The van der Waals surface area contributed by atoms with E-state index in [0.717, 1.165) is 19.3 Å². The summed E-state index contributed by atoms with van der Waals surface area (Å²) >= 11 is 0. The van der Waals surface area contributed by atoms with Crippen LogP contribution in [0, 0.1) is 16.0 Å². The quantitative estimate of drug-likeness (QED) is 0.601. The number of carbonyl (C=O) groups is 1. The van der Waals surface area contributed by atoms with Crippen molar-refractivity contribution in [2.45, 2.75) is 19.4 Å². The van der Waals surface area contributed by atoms with Crippen LogP contribution in [0.15, 0.2) is 12.4 Å². The van der Waals surface area contributed by atoms with Crippen molar-refractivity contribution in [3.05, 3.63) is 22.5 Å². The second kappa shape index (κ2) is 6.19. The van der Waals surface area contributed by atoms with E-state index in [0.29, 0.717) is 12.5 Å². The summed E-state index contributed by atoms with van der Waals surface area (Å²) in [4.78, 5) is 22.2. The molecule has 1 aromatic rings. The zero-order valence-corrected chi connectivity index (χ0v) is 12.1. The van der Waals surface area contributed by atoms with E-state index in [4.69, 9.17) is 0 Å².